The third-order valence-corrected chi connectivity index (χ3v) is 6.50. The van der Waals surface area contributed by atoms with Gasteiger partial charge in [0.1, 0.15) is 11.3 Å². The minimum absolute atomic E-state index is 0.00832. The van der Waals surface area contributed by atoms with E-state index in [0.717, 1.165) is 80.4 Å². The summed E-state index contributed by atoms with van der Waals surface area (Å²) in [6.45, 7) is 6.83. The van der Waals surface area contributed by atoms with Gasteiger partial charge >= 0.3 is 0 Å². The van der Waals surface area contributed by atoms with Gasteiger partial charge in [-0.2, -0.15) is 0 Å². The summed E-state index contributed by atoms with van der Waals surface area (Å²) >= 11 is 0. The fourth-order valence-corrected chi connectivity index (χ4v) is 4.76. The number of anilines is 1. The molecule has 0 bridgehead atoms. The molecule has 0 N–H and O–H groups in total. The van der Waals surface area contributed by atoms with E-state index in [-0.39, 0.29) is 5.91 Å². The molecule has 1 fully saturated rings. The second kappa shape index (κ2) is 8.90. The fourth-order valence-electron chi connectivity index (χ4n) is 4.76. The molecule has 7 heteroatoms. The molecule has 0 radical (unpaired) electrons. The van der Waals surface area contributed by atoms with E-state index in [0.29, 0.717) is 12.1 Å². The summed E-state index contributed by atoms with van der Waals surface area (Å²) < 4.78 is 7.66. The van der Waals surface area contributed by atoms with Crippen molar-refractivity contribution in [2.24, 2.45) is 0 Å². The number of carbonyl (C=O) groups excluding carboxylic acids is 1. The summed E-state index contributed by atoms with van der Waals surface area (Å²) in [7, 11) is 1.86. The molecular weight excluding hydrogens is 402 g/mol. The first-order valence-electron chi connectivity index (χ1n) is 11.6. The molecule has 0 spiro atoms. The number of aryl methyl sites for hydroxylation is 3. The number of imidazole rings is 1. The Morgan fingerprint density at radius 3 is 2.62 bits per heavy atom. The number of fused-ring (bicyclic) bond motifs is 3. The van der Waals surface area contributed by atoms with Crippen molar-refractivity contribution in [1.29, 1.82) is 0 Å². The van der Waals surface area contributed by atoms with Crippen LogP contribution >= 0.6 is 0 Å². The van der Waals surface area contributed by atoms with Crippen molar-refractivity contribution in [3.63, 3.8) is 0 Å². The van der Waals surface area contributed by atoms with Gasteiger partial charge in [-0.15, -0.1) is 0 Å². The van der Waals surface area contributed by atoms with Crippen molar-refractivity contribution in [2.45, 2.75) is 45.7 Å². The van der Waals surface area contributed by atoms with Crippen LogP contribution in [-0.4, -0.2) is 58.7 Å². The van der Waals surface area contributed by atoms with Crippen LogP contribution in [0.1, 0.15) is 46.7 Å². The third kappa shape index (κ3) is 4.09. The van der Waals surface area contributed by atoms with E-state index < -0.39 is 0 Å². The van der Waals surface area contributed by atoms with Crippen molar-refractivity contribution >= 4 is 22.8 Å². The molecule has 4 heterocycles. The predicted molar refractivity (Wildman–Crippen MR) is 125 cm³/mol. The normalized spacial score (nSPS) is 16.6. The monoisotopic (exact) mass is 433 g/mol. The molecule has 3 aromatic rings. The van der Waals surface area contributed by atoms with Crippen LogP contribution in [0, 0.1) is 6.92 Å². The van der Waals surface area contributed by atoms with Gasteiger partial charge in [-0.3, -0.25) is 4.79 Å². The van der Waals surface area contributed by atoms with Gasteiger partial charge in [-0.25, -0.2) is 9.97 Å². The lowest BCUT2D eigenvalue weighted by Gasteiger charge is -2.29. The first-order valence-corrected chi connectivity index (χ1v) is 11.6. The van der Waals surface area contributed by atoms with E-state index in [9.17, 15) is 4.79 Å². The van der Waals surface area contributed by atoms with E-state index in [1.807, 2.05) is 20.0 Å². The predicted octanol–water partition coefficient (Wildman–Crippen LogP) is 3.57. The Balaban J connectivity index is 1.37. The number of nitrogens with zero attached hydrogens (tertiary/aromatic N) is 5. The zero-order valence-electron chi connectivity index (χ0n) is 19.0. The molecule has 2 aliphatic heterocycles. The number of ether oxygens (including phenoxy) is 1. The second-order valence-corrected chi connectivity index (χ2v) is 8.90. The van der Waals surface area contributed by atoms with Gasteiger partial charge in [-0.1, -0.05) is 18.6 Å². The second-order valence-electron chi connectivity index (χ2n) is 8.90. The number of rotatable bonds is 4. The molecule has 2 aliphatic rings. The number of carbonyl (C=O) groups is 1. The van der Waals surface area contributed by atoms with Crippen LogP contribution < -0.4 is 4.90 Å². The van der Waals surface area contributed by atoms with Gasteiger partial charge in [0.25, 0.3) is 5.91 Å². The molecule has 7 nitrogen and oxygen atoms in total. The molecule has 0 unspecified atom stereocenters. The molecule has 168 valence electrons. The van der Waals surface area contributed by atoms with Crippen molar-refractivity contribution < 1.29 is 9.53 Å². The summed E-state index contributed by atoms with van der Waals surface area (Å²) in [5, 5.41) is 0. The highest BCUT2D eigenvalue weighted by Crippen LogP contribution is 2.25. The number of hydrogen-bond donors (Lipinski definition) is 0. The van der Waals surface area contributed by atoms with Crippen molar-refractivity contribution in [3.05, 3.63) is 53.0 Å². The lowest BCUT2D eigenvalue weighted by molar-refractivity contribution is 0.0786. The first-order chi connectivity index (χ1) is 15.6. The zero-order valence-corrected chi connectivity index (χ0v) is 19.0. The number of morpholine rings is 1. The Labute approximate surface area is 189 Å². The van der Waals surface area contributed by atoms with Crippen molar-refractivity contribution in [1.82, 2.24) is 19.4 Å². The zero-order chi connectivity index (χ0) is 22.1. The molecule has 32 heavy (non-hydrogen) atoms. The van der Waals surface area contributed by atoms with E-state index >= 15 is 0 Å². The fraction of sp³-hybridized carbons (Fsp3) is 0.480. The van der Waals surface area contributed by atoms with Crippen LogP contribution in [0.5, 0.6) is 0 Å². The highest BCUT2D eigenvalue weighted by molar-refractivity contribution is 6.04. The number of benzene rings is 1. The molecule has 5 rings (SSSR count). The van der Waals surface area contributed by atoms with Crippen molar-refractivity contribution in [3.8, 4) is 0 Å². The van der Waals surface area contributed by atoms with Crippen LogP contribution in [0.3, 0.4) is 0 Å². The molecular formula is C25H31N5O2. The van der Waals surface area contributed by atoms with Crippen molar-refractivity contribution in [2.75, 3.05) is 38.3 Å². The van der Waals surface area contributed by atoms with Crippen LogP contribution in [0.4, 0.5) is 5.69 Å². The molecule has 1 aromatic carbocycles. The Morgan fingerprint density at radius 2 is 1.84 bits per heavy atom. The van der Waals surface area contributed by atoms with E-state index in [4.69, 9.17) is 14.7 Å². The molecule has 0 atom stereocenters. The maximum absolute atomic E-state index is 13.4. The highest BCUT2D eigenvalue weighted by Gasteiger charge is 2.23. The molecule has 1 amide bonds. The summed E-state index contributed by atoms with van der Waals surface area (Å²) in [6.07, 6.45) is 4.45. The van der Waals surface area contributed by atoms with E-state index in [1.54, 1.807) is 4.90 Å². The lowest BCUT2D eigenvalue weighted by atomic mass is 10.1. The largest absolute Gasteiger partial charge is 0.378 e. The van der Waals surface area contributed by atoms with Crippen LogP contribution in [0.2, 0.25) is 0 Å². The Hall–Kier alpha value is -2.93. The average Bonchev–Trinajstić information content (AvgIpc) is 2.99. The van der Waals surface area contributed by atoms with Gasteiger partial charge in [0, 0.05) is 51.0 Å². The third-order valence-electron chi connectivity index (χ3n) is 6.50. The molecule has 0 saturated carbocycles. The van der Waals surface area contributed by atoms with Gasteiger partial charge in [-0.05, 0) is 43.5 Å². The topological polar surface area (TPSA) is 63.5 Å². The first kappa shape index (κ1) is 20.9. The highest BCUT2D eigenvalue weighted by atomic mass is 16.5. The van der Waals surface area contributed by atoms with E-state index in [1.165, 1.54) is 12.1 Å². The average molecular weight is 434 g/mol. The minimum atomic E-state index is -0.00832. The van der Waals surface area contributed by atoms with E-state index in [2.05, 4.69) is 33.7 Å². The summed E-state index contributed by atoms with van der Waals surface area (Å²) in [5.41, 5.74) is 5.43. The molecule has 1 saturated heterocycles. The Morgan fingerprint density at radius 1 is 1.06 bits per heavy atom. The SMILES string of the molecule is Cc1cc(C(=O)N(C)Cc2ccc(N3CCOCC3)cc2)c2nc3n(c2n1)CCCCC3. The smallest absolute Gasteiger partial charge is 0.256 e. The number of hydrogen-bond acceptors (Lipinski definition) is 5. The number of pyridine rings is 1. The van der Waals surface area contributed by atoms with Crippen LogP contribution in [0.15, 0.2) is 30.3 Å². The van der Waals surface area contributed by atoms with Gasteiger partial charge in [0.15, 0.2) is 5.65 Å². The maximum Gasteiger partial charge on any atom is 0.256 e. The Kier molecular flexibility index (Phi) is 5.83. The summed E-state index contributed by atoms with van der Waals surface area (Å²) in [6, 6.07) is 10.4. The lowest BCUT2D eigenvalue weighted by Crippen LogP contribution is -2.36. The Bertz CT molecular complexity index is 1120. The van der Waals surface area contributed by atoms with Gasteiger partial charge in [0.05, 0.1) is 18.8 Å². The summed E-state index contributed by atoms with van der Waals surface area (Å²) in [5.74, 6) is 1.05. The van der Waals surface area contributed by atoms with Crippen LogP contribution in [-0.2, 0) is 24.2 Å². The quantitative estimate of drug-likeness (QED) is 0.629. The molecule has 0 aliphatic carbocycles. The van der Waals surface area contributed by atoms with Gasteiger partial charge in [0.2, 0.25) is 0 Å². The van der Waals surface area contributed by atoms with Gasteiger partial charge < -0.3 is 19.1 Å². The summed E-state index contributed by atoms with van der Waals surface area (Å²) in [4.78, 5) is 27.2. The van der Waals surface area contributed by atoms with Crippen LogP contribution in [0.25, 0.3) is 11.2 Å². The number of aromatic nitrogens is 3. The number of amides is 1. The maximum atomic E-state index is 13.4. The molecule has 2 aromatic heterocycles. The minimum Gasteiger partial charge on any atom is -0.378 e. The standard InChI is InChI=1S/C25H31N5O2/c1-18-16-21(23-24(26-18)30-11-5-3-4-6-22(30)27-23)25(31)28(2)17-19-7-9-20(10-8-19)29-12-14-32-15-13-29/h7-10,16H,3-6,11-15,17H2,1-2H3.